The van der Waals surface area contributed by atoms with Crippen LogP contribution in [0.1, 0.15) is 19.4 Å². The molecule has 0 spiro atoms. The van der Waals surface area contributed by atoms with E-state index in [0.29, 0.717) is 19.0 Å². The van der Waals surface area contributed by atoms with Gasteiger partial charge in [0.1, 0.15) is 0 Å². The minimum absolute atomic E-state index is 0.403. The maximum atomic E-state index is 11.5. The van der Waals surface area contributed by atoms with Gasteiger partial charge < -0.3 is 10.2 Å². The Labute approximate surface area is 161 Å². The third kappa shape index (κ3) is 6.69. The first kappa shape index (κ1) is 20.9. The fraction of sp³-hybridized carbons (Fsp3) is 0.444. The second kappa shape index (κ2) is 8.53. The van der Waals surface area contributed by atoms with Gasteiger partial charge in [-0.3, -0.25) is 4.99 Å². The molecule has 0 saturated carbocycles. The molecule has 8 nitrogen and oxygen atoms in total. The number of hydrogen-bond donors (Lipinski definition) is 2. The van der Waals surface area contributed by atoms with E-state index in [-0.39, 0.29) is 0 Å². The SMILES string of the molecule is CN=C(NCC(C)(C)NS(C)(=O)=O)N(C)Cc1cnn(-c2ccccc2)c1. The molecule has 9 heteroatoms. The molecular weight excluding hydrogens is 364 g/mol. The maximum absolute atomic E-state index is 11.5. The highest BCUT2D eigenvalue weighted by atomic mass is 32.2. The molecule has 27 heavy (non-hydrogen) atoms. The fourth-order valence-corrected chi connectivity index (χ4v) is 3.81. The van der Waals surface area contributed by atoms with Crippen LogP contribution in [0, 0.1) is 0 Å². The summed E-state index contributed by atoms with van der Waals surface area (Å²) in [6.07, 6.45) is 4.96. The van der Waals surface area contributed by atoms with Crippen molar-refractivity contribution in [2.45, 2.75) is 25.9 Å². The lowest BCUT2D eigenvalue weighted by Gasteiger charge is -2.28. The summed E-state index contributed by atoms with van der Waals surface area (Å²) in [5.74, 6) is 0.672. The normalized spacial score (nSPS) is 12.9. The van der Waals surface area contributed by atoms with Crippen LogP contribution in [0.2, 0.25) is 0 Å². The van der Waals surface area contributed by atoms with E-state index in [1.54, 1.807) is 7.05 Å². The number of nitrogens with one attached hydrogen (secondary N) is 2. The van der Waals surface area contributed by atoms with E-state index < -0.39 is 15.6 Å². The summed E-state index contributed by atoms with van der Waals surface area (Å²) >= 11 is 0. The highest BCUT2D eigenvalue weighted by Gasteiger charge is 2.23. The molecule has 0 aliphatic heterocycles. The molecular formula is C18H28N6O2S. The van der Waals surface area contributed by atoms with Gasteiger partial charge in [-0.2, -0.15) is 5.10 Å². The quantitative estimate of drug-likeness (QED) is 0.546. The van der Waals surface area contributed by atoms with Gasteiger partial charge in [-0.15, -0.1) is 0 Å². The van der Waals surface area contributed by atoms with Crippen molar-refractivity contribution in [1.29, 1.82) is 0 Å². The molecule has 0 fully saturated rings. The third-order valence-electron chi connectivity index (χ3n) is 3.80. The first-order chi connectivity index (χ1) is 12.6. The van der Waals surface area contributed by atoms with Crippen molar-refractivity contribution in [3.63, 3.8) is 0 Å². The number of aromatic nitrogens is 2. The van der Waals surface area contributed by atoms with Crippen LogP contribution in [0.5, 0.6) is 0 Å². The van der Waals surface area contributed by atoms with Crippen LogP contribution < -0.4 is 10.0 Å². The smallest absolute Gasteiger partial charge is 0.209 e. The summed E-state index contributed by atoms with van der Waals surface area (Å²) in [5, 5.41) is 7.62. The first-order valence-electron chi connectivity index (χ1n) is 8.59. The predicted molar refractivity (Wildman–Crippen MR) is 108 cm³/mol. The fourth-order valence-electron chi connectivity index (χ4n) is 2.74. The van der Waals surface area contributed by atoms with E-state index in [1.807, 2.05) is 73.2 Å². The standard InChI is InChI=1S/C18H28N6O2S/c1-18(2,22-27(5,25)26)14-20-17(19-3)23(4)12-15-11-21-24(13-15)16-9-7-6-8-10-16/h6-11,13,22H,12,14H2,1-5H3,(H,19,20). The molecule has 0 aliphatic carbocycles. The zero-order valence-electron chi connectivity index (χ0n) is 16.5. The van der Waals surface area contributed by atoms with Crippen molar-refractivity contribution in [3.05, 3.63) is 48.3 Å². The molecule has 0 aliphatic rings. The number of sulfonamides is 1. The lowest BCUT2D eigenvalue weighted by atomic mass is 10.1. The van der Waals surface area contributed by atoms with E-state index in [4.69, 9.17) is 0 Å². The Bertz CT molecular complexity index is 874. The Balaban J connectivity index is 1.97. The monoisotopic (exact) mass is 392 g/mol. The van der Waals surface area contributed by atoms with E-state index in [9.17, 15) is 8.42 Å². The second-order valence-electron chi connectivity index (χ2n) is 7.14. The average Bonchev–Trinajstić information content (AvgIpc) is 3.02. The Morgan fingerprint density at radius 3 is 2.56 bits per heavy atom. The Morgan fingerprint density at radius 2 is 1.96 bits per heavy atom. The van der Waals surface area contributed by atoms with Gasteiger partial charge in [0.15, 0.2) is 5.96 Å². The van der Waals surface area contributed by atoms with Crippen LogP contribution in [-0.4, -0.2) is 61.5 Å². The summed E-state index contributed by atoms with van der Waals surface area (Å²) in [6.45, 7) is 4.66. The lowest BCUT2D eigenvalue weighted by molar-refractivity contribution is 0.422. The summed E-state index contributed by atoms with van der Waals surface area (Å²) < 4.78 is 27.4. The zero-order valence-corrected chi connectivity index (χ0v) is 17.3. The largest absolute Gasteiger partial charge is 0.354 e. The molecule has 1 heterocycles. The predicted octanol–water partition coefficient (Wildman–Crippen LogP) is 1.21. The molecule has 0 amide bonds. The number of nitrogens with zero attached hydrogens (tertiary/aromatic N) is 4. The zero-order chi connectivity index (χ0) is 20.1. The van der Waals surface area contributed by atoms with Gasteiger partial charge in [-0.1, -0.05) is 18.2 Å². The van der Waals surface area contributed by atoms with Crippen molar-refractivity contribution < 1.29 is 8.42 Å². The van der Waals surface area contributed by atoms with Gasteiger partial charge in [-0.25, -0.2) is 17.8 Å². The van der Waals surface area contributed by atoms with Crippen LogP contribution in [0.25, 0.3) is 5.69 Å². The van der Waals surface area contributed by atoms with E-state index in [1.165, 1.54) is 0 Å². The van der Waals surface area contributed by atoms with Crippen LogP contribution in [-0.2, 0) is 16.6 Å². The lowest BCUT2D eigenvalue weighted by Crippen LogP contribution is -2.53. The third-order valence-corrected chi connectivity index (χ3v) is 4.72. The van der Waals surface area contributed by atoms with Crippen molar-refractivity contribution in [2.75, 3.05) is 26.9 Å². The van der Waals surface area contributed by atoms with E-state index in [2.05, 4.69) is 20.1 Å². The molecule has 2 N–H and O–H groups in total. The van der Waals surface area contributed by atoms with Gasteiger partial charge in [0, 0.05) is 44.5 Å². The molecule has 1 aromatic carbocycles. The Hall–Kier alpha value is -2.39. The van der Waals surface area contributed by atoms with Crippen molar-refractivity contribution in [2.24, 2.45) is 4.99 Å². The molecule has 0 radical (unpaired) electrons. The number of aliphatic imine (C=N–C) groups is 1. The first-order valence-corrected chi connectivity index (χ1v) is 10.5. The van der Waals surface area contributed by atoms with Crippen LogP contribution in [0.4, 0.5) is 0 Å². The van der Waals surface area contributed by atoms with Crippen LogP contribution >= 0.6 is 0 Å². The maximum Gasteiger partial charge on any atom is 0.209 e. The van der Waals surface area contributed by atoms with Crippen LogP contribution in [0.3, 0.4) is 0 Å². The summed E-state index contributed by atoms with van der Waals surface area (Å²) in [7, 11) is 0.337. The van der Waals surface area contributed by atoms with Gasteiger partial charge in [0.05, 0.1) is 18.1 Å². The van der Waals surface area contributed by atoms with Gasteiger partial charge >= 0.3 is 0 Å². The summed E-state index contributed by atoms with van der Waals surface area (Å²) in [6, 6.07) is 9.91. The number of rotatable bonds is 7. The van der Waals surface area contributed by atoms with E-state index >= 15 is 0 Å². The highest BCUT2D eigenvalue weighted by molar-refractivity contribution is 7.88. The Kier molecular flexibility index (Phi) is 6.61. The van der Waals surface area contributed by atoms with Crippen molar-refractivity contribution >= 4 is 16.0 Å². The van der Waals surface area contributed by atoms with Crippen molar-refractivity contribution in [3.8, 4) is 5.69 Å². The number of hydrogen-bond acceptors (Lipinski definition) is 4. The second-order valence-corrected chi connectivity index (χ2v) is 8.89. The molecule has 0 bridgehead atoms. The molecule has 2 rings (SSSR count). The molecule has 148 valence electrons. The topological polar surface area (TPSA) is 91.6 Å². The van der Waals surface area contributed by atoms with Crippen LogP contribution in [0.15, 0.2) is 47.7 Å². The highest BCUT2D eigenvalue weighted by Crippen LogP contribution is 2.09. The molecule has 2 aromatic rings. The summed E-state index contributed by atoms with van der Waals surface area (Å²) in [4.78, 5) is 6.24. The minimum atomic E-state index is -3.28. The van der Waals surface area contributed by atoms with Crippen molar-refractivity contribution in [1.82, 2.24) is 24.7 Å². The average molecular weight is 393 g/mol. The molecule has 0 atom stereocenters. The summed E-state index contributed by atoms with van der Waals surface area (Å²) in [5.41, 5.74) is 1.41. The molecule has 0 saturated heterocycles. The minimum Gasteiger partial charge on any atom is -0.354 e. The number of guanidine groups is 1. The Morgan fingerprint density at radius 1 is 1.30 bits per heavy atom. The number of para-hydroxylation sites is 1. The molecule has 1 aromatic heterocycles. The van der Waals surface area contributed by atoms with Gasteiger partial charge in [0.2, 0.25) is 10.0 Å². The van der Waals surface area contributed by atoms with Gasteiger partial charge in [-0.05, 0) is 26.0 Å². The van der Waals surface area contributed by atoms with E-state index in [0.717, 1.165) is 17.5 Å². The number of benzene rings is 1. The van der Waals surface area contributed by atoms with Gasteiger partial charge in [0.25, 0.3) is 0 Å². The molecule has 0 unspecified atom stereocenters.